The van der Waals surface area contributed by atoms with Crippen molar-refractivity contribution in [3.05, 3.63) is 542 Å². The van der Waals surface area contributed by atoms with Crippen LogP contribution in [-0.2, 0) is 21.7 Å². The van der Waals surface area contributed by atoms with Gasteiger partial charge in [0.05, 0.1) is 0 Å². The molecule has 0 fully saturated rings. The van der Waals surface area contributed by atoms with Crippen LogP contribution in [0.2, 0.25) is 0 Å². The Morgan fingerprint density at radius 2 is 0.308 bits per heavy atom. The number of fused-ring (bicyclic) bond motifs is 21. The smallest absolute Gasteiger partial charge is 0.0159 e. The highest BCUT2D eigenvalue weighted by Crippen LogP contribution is 2.59. The number of hydrogen-bond acceptors (Lipinski definition) is 0. The molecule has 0 bridgehead atoms. The molecule has 0 spiro atoms. The van der Waals surface area contributed by atoms with Gasteiger partial charge in [-0.2, -0.15) is 0 Å². The molecule has 25 aromatic carbocycles. The van der Waals surface area contributed by atoms with Crippen molar-refractivity contribution in [2.75, 3.05) is 0 Å². The summed E-state index contributed by atoms with van der Waals surface area (Å²) in [5.41, 5.74) is 47.1. The number of rotatable bonds is 10. The highest BCUT2D eigenvalue weighted by molar-refractivity contribution is 6.26. The van der Waals surface area contributed by atoms with Crippen molar-refractivity contribution in [1.82, 2.24) is 0 Å². The van der Waals surface area contributed by atoms with Gasteiger partial charge < -0.3 is 0 Å². The maximum Gasteiger partial charge on any atom is 0.0159 e. The Kier molecular flexibility index (Phi) is 20.5. The first-order valence-electron chi connectivity index (χ1n) is 51.7. The molecule has 146 heavy (non-hydrogen) atoms. The van der Waals surface area contributed by atoms with E-state index >= 15 is 0 Å². The van der Waals surface area contributed by atoms with Crippen LogP contribution in [0, 0.1) is 0 Å². The molecule has 4 aliphatic carbocycles. The van der Waals surface area contributed by atoms with Gasteiger partial charge >= 0.3 is 0 Å². The van der Waals surface area contributed by atoms with Crippen LogP contribution in [0.1, 0.15) is 99.9 Å². The summed E-state index contributed by atoms with van der Waals surface area (Å²) in [7, 11) is 0. The standard InChI is InChI=1S/C50H38.C49H34.C47H34/c1-49(2)43-20-12-10-16-35(43)37-25-22-33(29-45(37)49)32-23-27-41-42(28-32)47(31-14-6-5-7-15-31)39-18-8-9-19-40(39)48(41)34-24-26-38-36-17-11-13-21-44(36)50(3,4)46(38)30-34;1-49(2)45-23-13-12-20-38(45)39-26-25-34(30-46(39)49)48-41-22-11-10-21-40(41)47(31-14-4-3-5-15-31)44-29-33(24-27-42(44)48)43-28-32-16-6-7-17-35(32)36-18-8-9-19-37(36)43;1-47(2)43-20-12-11-17-37(43)38-27-26-36(30-44(38)47)46-40-19-10-9-18-39(40)45(34-15-7-4-8-16-34)42-29-35(25-28-41(42)46)33-23-21-32(22-24-33)31-13-5-3-6-14-31/h5-30H,1-4H3;3-30H,1-2H3;3-30H,1-2H3. The first-order valence-corrected chi connectivity index (χ1v) is 51.7. The fraction of sp³-hybridized carbons (Fsp3) is 0.0822. The third-order valence-electron chi connectivity index (χ3n) is 33.2. The van der Waals surface area contributed by atoms with Crippen molar-refractivity contribution >= 4 is 86.2 Å². The summed E-state index contributed by atoms with van der Waals surface area (Å²) in [4.78, 5) is 0. The zero-order valence-corrected chi connectivity index (χ0v) is 83.3. The van der Waals surface area contributed by atoms with Crippen LogP contribution < -0.4 is 0 Å². The van der Waals surface area contributed by atoms with Crippen LogP contribution in [0.25, 0.3) is 242 Å². The molecule has 0 heterocycles. The van der Waals surface area contributed by atoms with E-state index in [4.69, 9.17) is 0 Å². The fourth-order valence-electron chi connectivity index (χ4n) is 26.0. The Morgan fingerprint density at radius 1 is 0.103 bits per heavy atom. The van der Waals surface area contributed by atoms with Crippen molar-refractivity contribution in [3.63, 3.8) is 0 Å². The third kappa shape index (κ3) is 13.9. The molecule has 0 radical (unpaired) electrons. The van der Waals surface area contributed by atoms with E-state index in [1.807, 2.05) is 0 Å². The van der Waals surface area contributed by atoms with Gasteiger partial charge in [-0.25, -0.2) is 0 Å². The quantitative estimate of drug-likeness (QED) is 0.0946. The zero-order chi connectivity index (χ0) is 98.0. The maximum atomic E-state index is 2.48. The average molecular weight is 1860 g/mol. The van der Waals surface area contributed by atoms with Crippen LogP contribution in [-0.4, -0.2) is 0 Å². The molecule has 0 saturated heterocycles. The highest BCUT2D eigenvalue weighted by atomic mass is 14.4. The highest BCUT2D eigenvalue weighted by Gasteiger charge is 2.41. The van der Waals surface area contributed by atoms with Crippen LogP contribution in [0.15, 0.2) is 497 Å². The van der Waals surface area contributed by atoms with E-state index in [9.17, 15) is 0 Å². The van der Waals surface area contributed by atoms with Crippen molar-refractivity contribution in [2.45, 2.75) is 77.0 Å². The summed E-state index contributed by atoms with van der Waals surface area (Å²) in [6, 6.07) is 185. The Morgan fingerprint density at radius 3 is 0.658 bits per heavy atom. The second-order valence-electron chi connectivity index (χ2n) is 42.6. The Labute approximate surface area is 854 Å². The lowest BCUT2D eigenvalue weighted by Gasteiger charge is -2.23. The fourth-order valence-corrected chi connectivity index (χ4v) is 26.0. The molecule has 0 N–H and O–H groups in total. The average Bonchev–Trinajstić information content (AvgIpc) is 1.08. The van der Waals surface area contributed by atoms with Gasteiger partial charge in [0, 0.05) is 21.7 Å². The minimum atomic E-state index is -0.0676. The Hall–Kier alpha value is -17.4. The Bertz CT molecular complexity index is 9680. The van der Waals surface area contributed by atoms with Crippen molar-refractivity contribution in [2.24, 2.45) is 0 Å². The summed E-state index contributed by atoms with van der Waals surface area (Å²) in [5, 5.41) is 20.5. The van der Waals surface area contributed by atoms with E-state index < -0.39 is 0 Å². The first-order chi connectivity index (χ1) is 71.5. The molecule has 0 saturated carbocycles. The minimum Gasteiger partial charge on any atom is -0.0622 e. The molecule has 29 rings (SSSR count). The molecular weight excluding hydrogens is 1750 g/mol. The second-order valence-corrected chi connectivity index (χ2v) is 42.6. The van der Waals surface area contributed by atoms with E-state index in [1.54, 1.807) is 0 Å². The number of hydrogen-bond donors (Lipinski definition) is 0. The first kappa shape index (κ1) is 87.6. The van der Waals surface area contributed by atoms with Crippen molar-refractivity contribution in [3.8, 4) is 156 Å². The summed E-state index contributed by atoms with van der Waals surface area (Å²) < 4.78 is 0. The van der Waals surface area contributed by atoms with Gasteiger partial charge in [-0.3, -0.25) is 0 Å². The van der Waals surface area contributed by atoms with Crippen molar-refractivity contribution in [1.29, 1.82) is 0 Å². The van der Waals surface area contributed by atoms with Gasteiger partial charge in [0.15, 0.2) is 0 Å². The van der Waals surface area contributed by atoms with E-state index in [0.717, 1.165) is 0 Å². The zero-order valence-electron chi connectivity index (χ0n) is 83.3. The Balaban J connectivity index is 0.000000109. The van der Waals surface area contributed by atoms with Crippen LogP contribution in [0.4, 0.5) is 0 Å². The summed E-state index contributed by atoms with van der Waals surface area (Å²) in [6.45, 7) is 19.0. The largest absolute Gasteiger partial charge is 0.0622 e. The van der Waals surface area contributed by atoms with Crippen LogP contribution >= 0.6 is 0 Å². The molecule has 0 unspecified atom stereocenters. The molecule has 0 heteroatoms. The van der Waals surface area contributed by atoms with Gasteiger partial charge in [-0.1, -0.05) is 504 Å². The van der Waals surface area contributed by atoms with E-state index in [1.165, 1.54) is 286 Å². The second kappa shape index (κ2) is 34.2. The minimum absolute atomic E-state index is 0.0433. The summed E-state index contributed by atoms with van der Waals surface area (Å²) in [6.07, 6.45) is 0. The molecule has 4 aliphatic rings. The van der Waals surface area contributed by atoms with E-state index in [-0.39, 0.29) is 21.7 Å². The van der Waals surface area contributed by atoms with E-state index in [0.29, 0.717) is 0 Å². The molecule has 0 aliphatic heterocycles. The van der Waals surface area contributed by atoms with Crippen molar-refractivity contribution < 1.29 is 0 Å². The lowest BCUT2D eigenvalue weighted by molar-refractivity contribution is 0.660. The molecule has 690 valence electrons. The SMILES string of the molecule is CC1(C)c2ccccc2-c2ccc(-c3c4ccccc4c(-c4ccccc4)c4cc(-c5cc6ccccc6c6ccccc56)ccc34)cc21.CC1(C)c2ccccc2-c2ccc(-c3c4ccccc4c(-c4ccccc4)c4cc(-c5ccc(-c6ccccc6)cc5)ccc34)cc21.CC1(C)c2ccccc2-c2ccc(-c3ccc4c(-c5ccc6c(c5)C(C)(C)c5ccccc5-6)c5ccccc5c(-c5ccccc5)c4c3)cc21. The van der Waals surface area contributed by atoms with Gasteiger partial charge in [0.1, 0.15) is 0 Å². The monoisotopic (exact) mass is 1860 g/mol. The van der Waals surface area contributed by atoms with Gasteiger partial charge in [0.25, 0.3) is 0 Å². The molecular formula is C146H106. The third-order valence-corrected chi connectivity index (χ3v) is 33.2. The topological polar surface area (TPSA) is 0 Å². The normalized spacial score (nSPS) is 13.7. The lowest BCUT2D eigenvalue weighted by atomic mass is 9.80. The van der Waals surface area contributed by atoms with Gasteiger partial charge in [-0.05, 0) is 335 Å². The van der Waals surface area contributed by atoms with E-state index in [2.05, 4.69) is 553 Å². The molecule has 0 amide bonds. The van der Waals surface area contributed by atoms with Crippen LogP contribution in [0.5, 0.6) is 0 Å². The molecule has 0 atom stereocenters. The lowest BCUT2D eigenvalue weighted by Crippen LogP contribution is -2.14. The molecule has 0 nitrogen and oxygen atoms in total. The molecule has 0 aromatic heterocycles. The summed E-state index contributed by atoms with van der Waals surface area (Å²) in [5.74, 6) is 0. The number of benzene rings is 25. The predicted molar refractivity (Wildman–Crippen MR) is 624 cm³/mol. The predicted octanol–water partition coefficient (Wildman–Crippen LogP) is 40.2. The van der Waals surface area contributed by atoms with Crippen LogP contribution in [0.3, 0.4) is 0 Å². The van der Waals surface area contributed by atoms with Gasteiger partial charge in [0.2, 0.25) is 0 Å². The van der Waals surface area contributed by atoms with Gasteiger partial charge in [-0.15, -0.1) is 0 Å². The summed E-state index contributed by atoms with van der Waals surface area (Å²) >= 11 is 0. The molecule has 25 aromatic rings. The maximum absolute atomic E-state index is 2.48.